The molecule has 0 aromatic heterocycles. The lowest BCUT2D eigenvalue weighted by Gasteiger charge is -2.10. The molecule has 0 bridgehead atoms. The number of thiocarbonyl (C=S) groups is 1. The average molecular weight is 260 g/mol. The smallest absolute Gasteiger partial charge is 0.175 e. The minimum atomic E-state index is -0.248. The van der Waals surface area contributed by atoms with E-state index in [1.807, 2.05) is 30.3 Å². The minimum absolute atomic E-state index is 0.248. The van der Waals surface area contributed by atoms with Gasteiger partial charge >= 0.3 is 0 Å². The summed E-state index contributed by atoms with van der Waals surface area (Å²) in [5, 5.41) is 6.40. The Balaban J connectivity index is 2.01. The van der Waals surface area contributed by atoms with Crippen molar-refractivity contribution in [3.05, 3.63) is 59.9 Å². The third-order valence-electron chi connectivity index (χ3n) is 2.46. The third-order valence-corrected chi connectivity index (χ3v) is 2.67. The van der Waals surface area contributed by atoms with Gasteiger partial charge in [0.25, 0.3) is 0 Å². The lowest BCUT2D eigenvalue weighted by Crippen LogP contribution is -2.19. The predicted octanol–water partition coefficient (Wildman–Crippen LogP) is 3.94. The van der Waals surface area contributed by atoms with E-state index in [1.165, 1.54) is 6.07 Å². The lowest BCUT2D eigenvalue weighted by atomic mass is 10.2. The molecule has 0 saturated carbocycles. The van der Waals surface area contributed by atoms with E-state index < -0.39 is 0 Å². The molecule has 92 valence electrons. The van der Waals surface area contributed by atoms with Crippen LogP contribution in [0.3, 0.4) is 0 Å². The Morgan fingerprint density at radius 3 is 2.33 bits per heavy atom. The second-order valence-corrected chi connectivity index (χ2v) is 4.32. The Hall–Kier alpha value is -1.94. The molecule has 0 fully saturated rings. The highest BCUT2D eigenvalue weighted by Gasteiger charge is 2.01. The van der Waals surface area contributed by atoms with E-state index in [-0.39, 0.29) is 5.82 Å². The second kappa shape index (κ2) is 5.60. The molecular formula is C14H13FN2S. The van der Waals surface area contributed by atoms with E-state index in [9.17, 15) is 4.39 Å². The maximum absolute atomic E-state index is 13.4. The highest BCUT2D eigenvalue weighted by molar-refractivity contribution is 7.80. The van der Waals surface area contributed by atoms with Gasteiger partial charge in [-0.1, -0.05) is 24.3 Å². The van der Waals surface area contributed by atoms with Crippen molar-refractivity contribution in [1.29, 1.82) is 0 Å². The number of para-hydroxylation sites is 1. The standard InChI is InChI=1S/C14H13FN2S/c1-10-7-8-12(9-13(10)15)17-14(18)16-11-5-3-2-4-6-11/h2-9H,1H3,(H2,16,17,18). The Kier molecular flexibility index (Phi) is 3.89. The molecular weight excluding hydrogens is 247 g/mol. The minimum Gasteiger partial charge on any atom is -0.332 e. The molecule has 2 rings (SSSR count). The Labute approximate surface area is 111 Å². The van der Waals surface area contributed by atoms with Gasteiger partial charge in [0.2, 0.25) is 0 Å². The van der Waals surface area contributed by atoms with Crippen LogP contribution < -0.4 is 10.6 Å². The van der Waals surface area contributed by atoms with Gasteiger partial charge < -0.3 is 10.6 Å². The molecule has 0 unspecified atom stereocenters. The first kappa shape index (κ1) is 12.5. The molecule has 0 radical (unpaired) electrons. The van der Waals surface area contributed by atoms with Gasteiger partial charge in [-0.3, -0.25) is 0 Å². The molecule has 0 aliphatic heterocycles. The second-order valence-electron chi connectivity index (χ2n) is 3.91. The number of rotatable bonds is 2. The van der Waals surface area contributed by atoms with Gasteiger partial charge in [-0.25, -0.2) is 4.39 Å². The summed E-state index contributed by atoms with van der Waals surface area (Å²) in [6.45, 7) is 1.72. The van der Waals surface area contributed by atoms with Crippen LogP contribution in [-0.4, -0.2) is 5.11 Å². The van der Waals surface area contributed by atoms with Crippen LogP contribution in [0.15, 0.2) is 48.5 Å². The SMILES string of the molecule is Cc1ccc(NC(=S)Nc2ccccc2)cc1F. The average Bonchev–Trinajstić information content (AvgIpc) is 2.35. The highest BCUT2D eigenvalue weighted by Crippen LogP contribution is 2.14. The van der Waals surface area contributed by atoms with E-state index in [2.05, 4.69) is 10.6 Å². The van der Waals surface area contributed by atoms with Crippen LogP contribution in [-0.2, 0) is 0 Å². The molecule has 0 aliphatic carbocycles. The van der Waals surface area contributed by atoms with Gasteiger partial charge in [0.15, 0.2) is 5.11 Å². The van der Waals surface area contributed by atoms with E-state index in [0.717, 1.165) is 5.69 Å². The van der Waals surface area contributed by atoms with Crippen LogP contribution in [0.5, 0.6) is 0 Å². The fraction of sp³-hybridized carbons (Fsp3) is 0.0714. The largest absolute Gasteiger partial charge is 0.332 e. The quantitative estimate of drug-likeness (QED) is 0.800. The van der Waals surface area contributed by atoms with Gasteiger partial charge in [0.1, 0.15) is 5.82 Å². The number of aryl methyl sites for hydroxylation is 1. The molecule has 2 N–H and O–H groups in total. The number of hydrogen-bond donors (Lipinski definition) is 2. The molecule has 0 heterocycles. The molecule has 18 heavy (non-hydrogen) atoms. The summed E-state index contributed by atoms with van der Waals surface area (Å²) in [7, 11) is 0. The molecule has 2 nitrogen and oxygen atoms in total. The number of hydrogen-bond acceptors (Lipinski definition) is 1. The van der Waals surface area contributed by atoms with Crippen molar-refractivity contribution in [2.24, 2.45) is 0 Å². The van der Waals surface area contributed by atoms with Crippen LogP contribution in [0.25, 0.3) is 0 Å². The summed E-state index contributed by atoms with van der Waals surface area (Å²) in [6.07, 6.45) is 0. The lowest BCUT2D eigenvalue weighted by molar-refractivity contribution is 0.619. The Bertz CT molecular complexity index is 555. The van der Waals surface area contributed by atoms with Crippen LogP contribution in [0.4, 0.5) is 15.8 Å². The number of halogens is 1. The normalized spacial score (nSPS) is 9.89. The maximum atomic E-state index is 13.4. The molecule has 0 spiro atoms. The first-order valence-corrected chi connectivity index (χ1v) is 5.95. The zero-order chi connectivity index (χ0) is 13.0. The summed E-state index contributed by atoms with van der Waals surface area (Å²) >= 11 is 5.15. The monoisotopic (exact) mass is 260 g/mol. The zero-order valence-electron chi connectivity index (χ0n) is 9.91. The summed E-state index contributed by atoms with van der Waals surface area (Å²) in [6, 6.07) is 14.5. The van der Waals surface area contributed by atoms with Gasteiger partial charge in [0, 0.05) is 11.4 Å². The topological polar surface area (TPSA) is 24.1 Å². The summed E-state index contributed by atoms with van der Waals surface area (Å²) in [5.41, 5.74) is 2.14. The Morgan fingerprint density at radius 1 is 1.00 bits per heavy atom. The van der Waals surface area contributed by atoms with Gasteiger partial charge in [-0.15, -0.1) is 0 Å². The van der Waals surface area contributed by atoms with Gasteiger partial charge in [0.05, 0.1) is 0 Å². The van der Waals surface area contributed by atoms with Crippen molar-refractivity contribution >= 4 is 28.7 Å². The van der Waals surface area contributed by atoms with Crippen molar-refractivity contribution < 1.29 is 4.39 Å². The van der Waals surface area contributed by atoms with Gasteiger partial charge in [-0.2, -0.15) is 0 Å². The van der Waals surface area contributed by atoms with Crippen molar-refractivity contribution in [1.82, 2.24) is 0 Å². The van der Waals surface area contributed by atoms with E-state index in [4.69, 9.17) is 12.2 Å². The van der Waals surface area contributed by atoms with Crippen LogP contribution in [0, 0.1) is 12.7 Å². The fourth-order valence-electron chi connectivity index (χ4n) is 1.49. The third kappa shape index (κ3) is 3.28. The molecule has 4 heteroatoms. The van der Waals surface area contributed by atoms with E-state index in [1.54, 1.807) is 19.1 Å². The molecule has 0 aliphatic rings. The summed E-state index contributed by atoms with van der Waals surface area (Å²) in [5.74, 6) is -0.248. The van der Waals surface area contributed by atoms with Gasteiger partial charge in [-0.05, 0) is 49.0 Å². The van der Waals surface area contributed by atoms with Crippen molar-refractivity contribution in [2.75, 3.05) is 10.6 Å². The number of nitrogens with one attached hydrogen (secondary N) is 2. The van der Waals surface area contributed by atoms with E-state index >= 15 is 0 Å². The fourth-order valence-corrected chi connectivity index (χ4v) is 1.72. The summed E-state index contributed by atoms with van der Waals surface area (Å²) in [4.78, 5) is 0. The van der Waals surface area contributed by atoms with Crippen LogP contribution >= 0.6 is 12.2 Å². The van der Waals surface area contributed by atoms with Crippen molar-refractivity contribution in [3.63, 3.8) is 0 Å². The molecule has 2 aromatic carbocycles. The molecule has 2 aromatic rings. The number of anilines is 2. The molecule has 0 atom stereocenters. The highest BCUT2D eigenvalue weighted by atomic mass is 32.1. The molecule has 0 saturated heterocycles. The predicted molar refractivity (Wildman–Crippen MR) is 77.4 cm³/mol. The maximum Gasteiger partial charge on any atom is 0.175 e. The number of benzene rings is 2. The van der Waals surface area contributed by atoms with Crippen molar-refractivity contribution in [3.8, 4) is 0 Å². The van der Waals surface area contributed by atoms with E-state index in [0.29, 0.717) is 16.4 Å². The summed E-state index contributed by atoms with van der Waals surface area (Å²) < 4.78 is 13.4. The van der Waals surface area contributed by atoms with Crippen molar-refractivity contribution in [2.45, 2.75) is 6.92 Å². The van der Waals surface area contributed by atoms with Crippen LogP contribution in [0.1, 0.15) is 5.56 Å². The zero-order valence-corrected chi connectivity index (χ0v) is 10.7. The first-order chi connectivity index (χ1) is 8.65. The van der Waals surface area contributed by atoms with Crippen LogP contribution in [0.2, 0.25) is 0 Å². The molecule has 0 amide bonds. The first-order valence-electron chi connectivity index (χ1n) is 5.54. The Morgan fingerprint density at radius 2 is 1.67 bits per heavy atom.